The van der Waals surface area contributed by atoms with Crippen molar-refractivity contribution in [2.75, 3.05) is 5.75 Å². The van der Waals surface area contributed by atoms with Gasteiger partial charge in [0.2, 0.25) is 0 Å². The van der Waals surface area contributed by atoms with Gasteiger partial charge in [-0.2, -0.15) is 8.42 Å². The highest BCUT2D eigenvalue weighted by atomic mass is 32.2. The third kappa shape index (κ3) is 5.97. The molecule has 0 atom stereocenters. The minimum Gasteiger partial charge on any atom is -0.391 e. The lowest BCUT2D eigenvalue weighted by Gasteiger charge is -1.96. The van der Waals surface area contributed by atoms with Gasteiger partial charge in [0.15, 0.2) is 0 Å². The maximum atomic E-state index is 10.7. The molecule has 0 bridgehead atoms. The van der Waals surface area contributed by atoms with Crippen molar-refractivity contribution in [2.24, 2.45) is 0 Å². The molecule has 0 heterocycles. The summed E-state index contributed by atoms with van der Waals surface area (Å²) in [6.45, 7) is 3.44. The second kappa shape index (κ2) is 5.83. The topological polar surface area (TPSA) is 43.4 Å². The van der Waals surface area contributed by atoms with Crippen LogP contribution < -0.4 is 0 Å². The van der Waals surface area contributed by atoms with Crippen LogP contribution in [0.3, 0.4) is 0 Å². The summed E-state index contributed by atoms with van der Waals surface area (Å²) >= 11 is 0. The van der Waals surface area contributed by atoms with E-state index in [4.69, 9.17) is 0 Å². The predicted octanol–water partition coefficient (Wildman–Crippen LogP) is 1.83. The Morgan fingerprint density at radius 1 is 1.33 bits per heavy atom. The summed E-state index contributed by atoms with van der Waals surface area (Å²) in [5.74, 6) is 0.000949. The normalized spacial score (nSPS) is 12.8. The molecular weight excluding hydrogens is 176 g/mol. The molecule has 0 unspecified atom stereocenters. The molecule has 0 aliphatic carbocycles. The van der Waals surface area contributed by atoms with Crippen LogP contribution in [-0.2, 0) is 14.3 Å². The van der Waals surface area contributed by atoms with E-state index < -0.39 is 10.1 Å². The van der Waals surface area contributed by atoms with E-state index >= 15 is 0 Å². The van der Waals surface area contributed by atoms with Gasteiger partial charge in [-0.1, -0.05) is 12.2 Å². The van der Waals surface area contributed by atoms with Crippen LogP contribution in [0.4, 0.5) is 0 Å². The van der Waals surface area contributed by atoms with Gasteiger partial charge in [0.1, 0.15) is 6.26 Å². The molecule has 12 heavy (non-hydrogen) atoms. The van der Waals surface area contributed by atoms with Gasteiger partial charge in [-0.15, -0.1) is 0 Å². The lowest BCUT2D eigenvalue weighted by molar-refractivity contribution is 0.444. The Hall–Kier alpha value is -0.770. The Morgan fingerprint density at radius 2 is 2.00 bits per heavy atom. The predicted molar refractivity (Wildman–Crippen MR) is 49.1 cm³/mol. The molecule has 4 heteroatoms. The summed E-state index contributed by atoms with van der Waals surface area (Å²) in [6, 6.07) is 0. The van der Waals surface area contributed by atoms with Crippen LogP contribution in [0.1, 0.15) is 20.3 Å². The number of allylic oxidation sites excluding steroid dienone is 3. The van der Waals surface area contributed by atoms with Crippen LogP contribution >= 0.6 is 0 Å². The zero-order valence-corrected chi connectivity index (χ0v) is 8.17. The number of hydrogen-bond acceptors (Lipinski definition) is 3. The van der Waals surface area contributed by atoms with Crippen LogP contribution in [-0.4, -0.2) is 14.2 Å². The molecule has 0 rings (SSSR count). The van der Waals surface area contributed by atoms with E-state index in [1.54, 1.807) is 6.08 Å². The summed E-state index contributed by atoms with van der Waals surface area (Å²) in [6.07, 6.45) is 7.33. The molecule has 0 radical (unpaired) electrons. The van der Waals surface area contributed by atoms with E-state index in [1.807, 2.05) is 19.1 Å². The van der Waals surface area contributed by atoms with Gasteiger partial charge in [-0.05, 0) is 26.3 Å². The van der Waals surface area contributed by atoms with Crippen LogP contribution in [0.25, 0.3) is 0 Å². The smallest absolute Gasteiger partial charge is 0.308 e. The minimum absolute atomic E-state index is 0.000949. The third-order valence-corrected chi connectivity index (χ3v) is 2.27. The first-order valence-electron chi connectivity index (χ1n) is 3.79. The van der Waals surface area contributed by atoms with E-state index in [2.05, 4.69) is 4.18 Å². The van der Waals surface area contributed by atoms with E-state index in [-0.39, 0.29) is 5.75 Å². The van der Waals surface area contributed by atoms with Gasteiger partial charge in [-0.3, -0.25) is 0 Å². The molecule has 0 aliphatic rings. The number of rotatable bonds is 5. The third-order valence-electron chi connectivity index (χ3n) is 1.16. The molecule has 0 aromatic carbocycles. The Morgan fingerprint density at radius 3 is 2.50 bits per heavy atom. The van der Waals surface area contributed by atoms with Crippen molar-refractivity contribution >= 4 is 10.1 Å². The lowest BCUT2D eigenvalue weighted by atomic mass is 10.4. The summed E-state index contributed by atoms with van der Waals surface area (Å²) in [5, 5.41) is 0. The second-order valence-electron chi connectivity index (χ2n) is 2.12. The molecule has 0 fully saturated rings. The highest BCUT2D eigenvalue weighted by Gasteiger charge is 2.02. The van der Waals surface area contributed by atoms with Crippen molar-refractivity contribution < 1.29 is 12.6 Å². The summed E-state index contributed by atoms with van der Waals surface area (Å²) in [5.41, 5.74) is 0. The van der Waals surface area contributed by atoms with Crippen molar-refractivity contribution in [1.29, 1.82) is 0 Å². The zero-order chi connectivity index (χ0) is 9.45. The average molecular weight is 190 g/mol. The molecule has 0 saturated heterocycles. The zero-order valence-electron chi connectivity index (χ0n) is 7.36. The maximum absolute atomic E-state index is 10.7. The largest absolute Gasteiger partial charge is 0.391 e. The van der Waals surface area contributed by atoms with Crippen molar-refractivity contribution in [3.05, 3.63) is 24.5 Å². The van der Waals surface area contributed by atoms with Crippen molar-refractivity contribution in [1.82, 2.24) is 0 Å². The van der Waals surface area contributed by atoms with E-state index in [9.17, 15) is 8.42 Å². The number of hydrogen-bond donors (Lipinski definition) is 0. The average Bonchev–Trinajstić information content (AvgIpc) is 2.04. The molecule has 0 aromatic heterocycles. The summed E-state index contributed by atoms with van der Waals surface area (Å²) in [7, 11) is -3.32. The second-order valence-corrected chi connectivity index (χ2v) is 4.00. The Balaban J connectivity index is 3.75. The van der Waals surface area contributed by atoms with Crippen molar-refractivity contribution in [3.63, 3.8) is 0 Å². The SMILES string of the molecule is CC=CCC=COS(=O)(=O)CC. The van der Waals surface area contributed by atoms with Gasteiger partial charge in [0.25, 0.3) is 0 Å². The molecule has 0 aromatic rings. The molecule has 3 nitrogen and oxygen atoms in total. The van der Waals surface area contributed by atoms with Gasteiger partial charge in [-0.25, -0.2) is 0 Å². The van der Waals surface area contributed by atoms with Gasteiger partial charge in [0, 0.05) is 0 Å². The molecule has 0 N–H and O–H groups in total. The van der Waals surface area contributed by atoms with E-state index in [1.165, 1.54) is 13.2 Å². The Bertz CT molecular complexity index is 249. The van der Waals surface area contributed by atoms with Gasteiger partial charge in [0.05, 0.1) is 5.75 Å². The Labute approximate surface area is 73.9 Å². The van der Waals surface area contributed by atoms with Gasteiger partial charge < -0.3 is 4.18 Å². The van der Waals surface area contributed by atoms with Crippen molar-refractivity contribution in [3.8, 4) is 0 Å². The van der Waals surface area contributed by atoms with Gasteiger partial charge >= 0.3 is 10.1 Å². The fourth-order valence-corrected chi connectivity index (χ4v) is 0.846. The lowest BCUT2D eigenvalue weighted by Crippen LogP contribution is -2.03. The molecule has 0 spiro atoms. The fourth-order valence-electron chi connectivity index (χ4n) is 0.462. The maximum Gasteiger partial charge on any atom is 0.308 e. The monoisotopic (exact) mass is 190 g/mol. The standard InChI is InChI=1S/C8H14O3S/c1-3-5-6-7-8-11-12(9,10)4-2/h3,5,7-8H,4,6H2,1-2H3. The molecule has 0 saturated carbocycles. The van der Waals surface area contributed by atoms with Crippen LogP contribution in [0.2, 0.25) is 0 Å². The first kappa shape index (κ1) is 11.2. The quantitative estimate of drug-likeness (QED) is 0.377. The first-order valence-corrected chi connectivity index (χ1v) is 5.37. The van der Waals surface area contributed by atoms with Crippen LogP contribution in [0.15, 0.2) is 24.5 Å². The van der Waals surface area contributed by atoms with Crippen LogP contribution in [0.5, 0.6) is 0 Å². The highest BCUT2D eigenvalue weighted by Crippen LogP contribution is 1.94. The molecule has 70 valence electrons. The van der Waals surface area contributed by atoms with E-state index in [0.717, 1.165) is 0 Å². The minimum atomic E-state index is -3.32. The molecule has 0 amide bonds. The summed E-state index contributed by atoms with van der Waals surface area (Å²) in [4.78, 5) is 0. The van der Waals surface area contributed by atoms with E-state index in [0.29, 0.717) is 6.42 Å². The molecule has 0 aliphatic heterocycles. The Kier molecular flexibility index (Phi) is 5.45. The van der Waals surface area contributed by atoms with Crippen molar-refractivity contribution in [2.45, 2.75) is 20.3 Å². The highest BCUT2D eigenvalue weighted by molar-refractivity contribution is 7.86. The molecular formula is C8H14O3S. The van der Waals surface area contributed by atoms with Crippen LogP contribution in [0, 0.1) is 0 Å². The summed E-state index contributed by atoms with van der Waals surface area (Å²) < 4.78 is 26.0. The fraction of sp³-hybridized carbons (Fsp3) is 0.500. The first-order chi connectivity index (χ1) is 5.62.